The van der Waals surface area contributed by atoms with Crippen molar-refractivity contribution in [2.45, 2.75) is 51.0 Å². The molecule has 1 saturated carbocycles. The molecule has 0 aliphatic heterocycles. The summed E-state index contributed by atoms with van der Waals surface area (Å²) in [6, 6.07) is 7.09. The van der Waals surface area contributed by atoms with Crippen LogP contribution in [0.1, 0.15) is 55.3 Å². The van der Waals surface area contributed by atoms with Gasteiger partial charge in [-0.05, 0) is 37.1 Å². The number of rotatable bonds is 5. The molecule has 4 heteroatoms. The van der Waals surface area contributed by atoms with E-state index in [0.717, 1.165) is 12.8 Å². The van der Waals surface area contributed by atoms with Crippen LogP contribution in [-0.2, 0) is 4.79 Å². The standard InChI is InChI=1S/C16H20ClNO2/c17-13-8-6-12(7-9-13)15(19)10-11-16(20)18-14-4-2-1-3-5-14/h6-9,14H,1-5,10-11H2,(H,18,20). The van der Waals surface area contributed by atoms with E-state index >= 15 is 0 Å². The Morgan fingerprint density at radius 2 is 1.70 bits per heavy atom. The zero-order chi connectivity index (χ0) is 14.4. The lowest BCUT2D eigenvalue weighted by atomic mass is 9.95. The minimum atomic E-state index is -0.0146. The molecule has 1 amide bonds. The lowest BCUT2D eigenvalue weighted by Crippen LogP contribution is -2.36. The Morgan fingerprint density at radius 1 is 1.05 bits per heavy atom. The van der Waals surface area contributed by atoms with E-state index in [0.29, 0.717) is 16.6 Å². The molecule has 0 saturated heterocycles. The summed E-state index contributed by atoms with van der Waals surface area (Å²) >= 11 is 5.78. The Hall–Kier alpha value is -1.35. The molecule has 0 bridgehead atoms. The summed E-state index contributed by atoms with van der Waals surface area (Å²) in [6.45, 7) is 0. The first-order valence-electron chi connectivity index (χ1n) is 7.23. The van der Waals surface area contributed by atoms with Crippen molar-refractivity contribution in [3.8, 4) is 0 Å². The van der Waals surface area contributed by atoms with Gasteiger partial charge in [0, 0.05) is 29.5 Å². The lowest BCUT2D eigenvalue weighted by molar-refractivity contribution is -0.121. The van der Waals surface area contributed by atoms with Gasteiger partial charge in [0.2, 0.25) is 5.91 Å². The van der Waals surface area contributed by atoms with E-state index in [2.05, 4.69) is 5.32 Å². The maximum absolute atomic E-state index is 11.9. The second-order valence-corrected chi connectivity index (χ2v) is 5.77. The topological polar surface area (TPSA) is 46.2 Å². The number of hydrogen-bond acceptors (Lipinski definition) is 2. The van der Waals surface area contributed by atoms with Gasteiger partial charge in [-0.15, -0.1) is 0 Å². The van der Waals surface area contributed by atoms with Crippen molar-refractivity contribution >= 4 is 23.3 Å². The molecule has 0 unspecified atom stereocenters. The average Bonchev–Trinajstić information content (AvgIpc) is 2.46. The fraction of sp³-hybridized carbons (Fsp3) is 0.500. The zero-order valence-corrected chi connectivity index (χ0v) is 12.3. The highest BCUT2D eigenvalue weighted by Gasteiger charge is 2.16. The Bertz CT molecular complexity index is 464. The van der Waals surface area contributed by atoms with Crippen LogP contribution < -0.4 is 5.32 Å². The Balaban J connectivity index is 1.75. The van der Waals surface area contributed by atoms with Crippen LogP contribution in [0.5, 0.6) is 0 Å². The first kappa shape index (κ1) is 15.0. The summed E-state index contributed by atoms with van der Waals surface area (Å²) in [6.07, 6.45) is 6.29. The first-order chi connectivity index (χ1) is 9.65. The molecule has 0 atom stereocenters. The summed E-state index contributed by atoms with van der Waals surface area (Å²) in [5.74, 6) is -0.0281. The summed E-state index contributed by atoms with van der Waals surface area (Å²) in [5.41, 5.74) is 0.611. The third kappa shape index (κ3) is 4.64. The van der Waals surface area contributed by atoms with Gasteiger partial charge in [-0.25, -0.2) is 0 Å². The molecule has 0 spiro atoms. The maximum atomic E-state index is 11.9. The predicted octanol–water partition coefficient (Wildman–Crippen LogP) is 3.75. The molecule has 20 heavy (non-hydrogen) atoms. The molecule has 0 heterocycles. The van der Waals surface area contributed by atoms with Gasteiger partial charge in [0.05, 0.1) is 0 Å². The molecule has 2 rings (SSSR count). The molecule has 1 fully saturated rings. The Kier molecular flexibility index (Phi) is 5.60. The first-order valence-corrected chi connectivity index (χ1v) is 7.61. The summed E-state index contributed by atoms with van der Waals surface area (Å²) < 4.78 is 0. The molecule has 1 aliphatic carbocycles. The number of nitrogens with one attached hydrogen (secondary N) is 1. The minimum absolute atomic E-state index is 0.0135. The molecule has 1 N–H and O–H groups in total. The van der Waals surface area contributed by atoms with E-state index in [1.165, 1.54) is 19.3 Å². The van der Waals surface area contributed by atoms with Gasteiger partial charge < -0.3 is 5.32 Å². The molecule has 3 nitrogen and oxygen atoms in total. The van der Waals surface area contributed by atoms with Gasteiger partial charge in [-0.1, -0.05) is 30.9 Å². The van der Waals surface area contributed by atoms with E-state index in [1.54, 1.807) is 24.3 Å². The number of amides is 1. The van der Waals surface area contributed by atoms with Crippen LogP contribution in [0.15, 0.2) is 24.3 Å². The molecule has 108 valence electrons. The predicted molar refractivity (Wildman–Crippen MR) is 80.0 cm³/mol. The average molecular weight is 294 g/mol. The van der Waals surface area contributed by atoms with E-state index in [9.17, 15) is 9.59 Å². The number of Topliss-reactive ketones (excluding diaryl/α,β-unsaturated/α-hetero) is 1. The molecular formula is C16H20ClNO2. The monoisotopic (exact) mass is 293 g/mol. The van der Waals surface area contributed by atoms with Crippen molar-refractivity contribution in [3.63, 3.8) is 0 Å². The number of ketones is 1. The van der Waals surface area contributed by atoms with E-state index in [-0.39, 0.29) is 24.5 Å². The molecule has 0 aromatic heterocycles. The van der Waals surface area contributed by atoms with E-state index < -0.39 is 0 Å². The number of benzene rings is 1. The third-order valence-electron chi connectivity index (χ3n) is 3.72. The van der Waals surface area contributed by atoms with Crippen molar-refractivity contribution in [1.82, 2.24) is 5.32 Å². The minimum Gasteiger partial charge on any atom is -0.353 e. The summed E-state index contributed by atoms with van der Waals surface area (Å²) in [7, 11) is 0. The highest BCUT2D eigenvalue weighted by Crippen LogP contribution is 2.17. The van der Waals surface area contributed by atoms with Gasteiger partial charge in [-0.3, -0.25) is 9.59 Å². The summed E-state index contributed by atoms with van der Waals surface area (Å²) in [4.78, 5) is 23.7. The smallest absolute Gasteiger partial charge is 0.220 e. The number of carbonyl (C=O) groups excluding carboxylic acids is 2. The van der Waals surface area contributed by atoms with Crippen LogP contribution in [0.2, 0.25) is 5.02 Å². The van der Waals surface area contributed by atoms with Crippen molar-refractivity contribution < 1.29 is 9.59 Å². The molecule has 1 aromatic carbocycles. The highest BCUT2D eigenvalue weighted by molar-refractivity contribution is 6.30. The molecule has 1 aliphatic rings. The van der Waals surface area contributed by atoms with Gasteiger partial charge in [0.1, 0.15) is 0 Å². The van der Waals surface area contributed by atoms with Gasteiger partial charge in [0.15, 0.2) is 5.78 Å². The van der Waals surface area contributed by atoms with Gasteiger partial charge >= 0.3 is 0 Å². The van der Waals surface area contributed by atoms with Crippen molar-refractivity contribution in [2.75, 3.05) is 0 Å². The second kappa shape index (κ2) is 7.44. The molecular weight excluding hydrogens is 274 g/mol. The van der Waals surface area contributed by atoms with Crippen molar-refractivity contribution in [1.29, 1.82) is 0 Å². The van der Waals surface area contributed by atoms with Crippen molar-refractivity contribution in [2.24, 2.45) is 0 Å². The second-order valence-electron chi connectivity index (χ2n) is 5.33. The van der Waals surface area contributed by atoms with Crippen LogP contribution in [0.4, 0.5) is 0 Å². The Morgan fingerprint density at radius 3 is 2.35 bits per heavy atom. The quantitative estimate of drug-likeness (QED) is 0.840. The third-order valence-corrected chi connectivity index (χ3v) is 3.97. The molecule has 1 aromatic rings. The highest BCUT2D eigenvalue weighted by atomic mass is 35.5. The van der Waals surface area contributed by atoms with Gasteiger partial charge in [0.25, 0.3) is 0 Å². The van der Waals surface area contributed by atoms with Crippen LogP contribution in [0, 0.1) is 0 Å². The fourth-order valence-corrected chi connectivity index (χ4v) is 2.68. The van der Waals surface area contributed by atoms with E-state index in [4.69, 9.17) is 11.6 Å². The number of halogens is 1. The SMILES string of the molecule is O=C(CCC(=O)c1ccc(Cl)cc1)NC1CCCCC1. The molecule has 0 radical (unpaired) electrons. The zero-order valence-electron chi connectivity index (χ0n) is 11.5. The van der Waals surface area contributed by atoms with E-state index in [1.807, 2.05) is 0 Å². The van der Waals surface area contributed by atoms with Crippen LogP contribution >= 0.6 is 11.6 Å². The Labute approximate surface area is 124 Å². The fourth-order valence-electron chi connectivity index (χ4n) is 2.55. The number of hydrogen-bond donors (Lipinski definition) is 1. The normalized spacial score (nSPS) is 15.8. The van der Waals surface area contributed by atoms with Crippen LogP contribution in [0.3, 0.4) is 0 Å². The number of carbonyl (C=O) groups is 2. The maximum Gasteiger partial charge on any atom is 0.220 e. The van der Waals surface area contributed by atoms with Crippen LogP contribution in [-0.4, -0.2) is 17.7 Å². The lowest BCUT2D eigenvalue weighted by Gasteiger charge is -2.22. The van der Waals surface area contributed by atoms with Crippen LogP contribution in [0.25, 0.3) is 0 Å². The van der Waals surface area contributed by atoms with Gasteiger partial charge in [-0.2, -0.15) is 0 Å². The van der Waals surface area contributed by atoms with Crippen molar-refractivity contribution in [3.05, 3.63) is 34.9 Å². The summed E-state index contributed by atoms with van der Waals surface area (Å²) in [5, 5.41) is 3.63. The largest absolute Gasteiger partial charge is 0.353 e.